The monoisotopic (exact) mass is 336 g/mol. The number of carbonyl (C=O) groups excluding carboxylic acids is 1. The van der Waals surface area contributed by atoms with E-state index in [-0.39, 0.29) is 12.1 Å². The van der Waals surface area contributed by atoms with Gasteiger partial charge in [0.25, 0.3) is 0 Å². The molecule has 0 aliphatic rings. The van der Waals surface area contributed by atoms with Crippen LogP contribution in [0.1, 0.15) is 24.2 Å². The summed E-state index contributed by atoms with van der Waals surface area (Å²) in [5, 5.41) is 5.15. The summed E-state index contributed by atoms with van der Waals surface area (Å²) in [6, 6.07) is 15.0. The number of benzene rings is 2. The normalized spacial score (nSPS) is 10.7. The largest absolute Gasteiger partial charge is 0.489 e. The molecule has 2 aromatic carbocycles. The number of nitrogens with one attached hydrogen (secondary N) is 1. The van der Waals surface area contributed by atoms with Crippen LogP contribution >= 0.6 is 0 Å². The van der Waals surface area contributed by atoms with Crippen LogP contribution in [0.5, 0.6) is 5.75 Å². The molecule has 0 spiro atoms. The van der Waals surface area contributed by atoms with Crippen molar-refractivity contribution in [2.45, 2.75) is 20.0 Å². The Hall–Kier alpha value is -3.08. The molecular weight excluding hydrogens is 316 g/mol. The highest BCUT2D eigenvalue weighted by Gasteiger charge is 2.11. The van der Waals surface area contributed by atoms with Crippen molar-refractivity contribution in [3.8, 4) is 5.75 Å². The third-order valence-corrected chi connectivity index (χ3v) is 3.69. The molecule has 1 heterocycles. The second kappa shape index (κ2) is 7.21. The zero-order chi connectivity index (χ0) is 17.8. The molecule has 5 heteroatoms. The number of esters is 1. The average Bonchev–Trinajstić information content (AvgIpc) is 2.62. The number of carbonyl (C=O) groups is 1. The Labute approximate surface area is 146 Å². The minimum Gasteiger partial charge on any atom is -0.489 e. The van der Waals surface area contributed by atoms with E-state index in [4.69, 9.17) is 9.47 Å². The van der Waals surface area contributed by atoms with Crippen LogP contribution in [0.4, 0.5) is 11.5 Å². The molecule has 0 aliphatic carbocycles. The van der Waals surface area contributed by atoms with Gasteiger partial charge in [-0.3, -0.25) is 0 Å². The standard InChI is InChI=1S/C20H20N2O3/c1-13(2)25-18-7-5-4-6-17(18)22-19-16-9-8-15(20(23)24-3)12-14(16)10-11-21-19/h4-13H,1-3H3,(H,21,22). The van der Waals surface area contributed by atoms with Crippen molar-refractivity contribution in [2.24, 2.45) is 0 Å². The highest BCUT2D eigenvalue weighted by molar-refractivity contribution is 5.99. The summed E-state index contributed by atoms with van der Waals surface area (Å²) in [6.07, 6.45) is 1.78. The highest BCUT2D eigenvalue weighted by atomic mass is 16.5. The van der Waals surface area contributed by atoms with E-state index in [1.54, 1.807) is 18.3 Å². The summed E-state index contributed by atoms with van der Waals surface area (Å²) in [7, 11) is 1.37. The number of pyridine rings is 1. The summed E-state index contributed by atoms with van der Waals surface area (Å²) in [6.45, 7) is 3.97. The lowest BCUT2D eigenvalue weighted by atomic mass is 10.1. The molecule has 0 amide bonds. The molecule has 5 nitrogen and oxygen atoms in total. The molecule has 0 fully saturated rings. The maximum absolute atomic E-state index is 11.7. The fraction of sp³-hybridized carbons (Fsp3) is 0.200. The Balaban J connectivity index is 1.99. The fourth-order valence-corrected chi connectivity index (χ4v) is 2.58. The second-order valence-corrected chi connectivity index (χ2v) is 5.87. The molecule has 1 aromatic heterocycles. The number of fused-ring (bicyclic) bond motifs is 1. The Kier molecular flexibility index (Phi) is 4.84. The van der Waals surface area contributed by atoms with Crippen molar-refractivity contribution in [2.75, 3.05) is 12.4 Å². The van der Waals surface area contributed by atoms with Crippen LogP contribution in [-0.4, -0.2) is 24.2 Å². The van der Waals surface area contributed by atoms with Crippen molar-refractivity contribution >= 4 is 28.2 Å². The average molecular weight is 336 g/mol. The van der Waals surface area contributed by atoms with Gasteiger partial charge in [-0.25, -0.2) is 9.78 Å². The van der Waals surface area contributed by atoms with E-state index in [0.717, 1.165) is 22.2 Å². The van der Waals surface area contributed by atoms with Crippen molar-refractivity contribution < 1.29 is 14.3 Å². The highest BCUT2D eigenvalue weighted by Crippen LogP contribution is 2.31. The number of ether oxygens (including phenoxy) is 2. The van der Waals surface area contributed by atoms with E-state index in [2.05, 4.69) is 10.3 Å². The van der Waals surface area contributed by atoms with Gasteiger partial charge in [-0.1, -0.05) is 12.1 Å². The molecule has 0 bridgehead atoms. The molecule has 3 aromatic rings. The first-order valence-corrected chi connectivity index (χ1v) is 8.08. The van der Waals surface area contributed by atoms with Gasteiger partial charge in [0.1, 0.15) is 11.6 Å². The van der Waals surface area contributed by atoms with E-state index < -0.39 is 0 Å². The van der Waals surface area contributed by atoms with Crippen LogP contribution in [0.3, 0.4) is 0 Å². The summed E-state index contributed by atoms with van der Waals surface area (Å²) >= 11 is 0. The Morgan fingerprint density at radius 2 is 1.92 bits per heavy atom. The molecule has 25 heavy (non-hydrogen) atoms. The third kappa shape index (κ3) is 3.71. The first-order chi connectivity index (χ1) is 12.1. The molecule has 0 unspecified atom stereocenters. The van der Waals surface area contributed by atoms with Gasteiger partial charge in [0.05, 0.1) is 24.5 Å². The van der Waals surface area contributed by atoms with E-state index in [1.807, 2.05) is 50.2 Å². The third-order valence-electron chi connectivity index (χ3n) is 3.69. The van der Waals surface area contributed by atoms with Crippen molar-refractivity contribution in [1.29, 1.82) is 0 Å². The Bertz CT molecular complexity index is 906. The van der Waals surface area contributed by atoms with Crippen molar-refractivity contribution in [3.05, 3.63) is 60.3 Å². The van der Waals surface area contributed by atoms with Crippen LogP contribution in [0.25, 0.3) is 10.8 Å². The number of aromatic nitrogens is 1. The predicted octanol–water partition coefficient (Wildman–Crippen LogP) is 4.55. The van der Waals surface area contributed by atoms with Gasteiger partial charge in [0, 0.05) is 11.6 Å². The second-order valence-electron chi connectivity index (χ2n) is 5.87. The Morgan fingerprint density at radius 3 is 2.68 bits per heavy atom. The molecule has 1 N–H and O–H groups in total. The smallest absolute Gasteiger partial charge is 0.337 e. The van der Waals surface area contributed by atoms with Gasteiger partial charge >= 0.3 is 5.97 Å². The van der Waals surface area contributed by atoms with Crippen LogP contribution in [0, 0.1) is 0 Å². The quantitative estimate of drug-likeness (QED) is 0.693. The zero-order valence-corrected chi connectivity index (χ0v) is 14.4. The topological polar surface area (TPSA) is 60.5 Å². The molecule has 0 atom stereocenters. The number of nitrogens with zero attached hydrogens (tertiary/aromatic N) is 1. The van der Waals surface area contributed by atoms with E-state index in [0.29, 0.717) is 11.4 Å². The van der Waals surface area contributed by atoms with Crippen LogP contribution < -0.4 is 10.1 Å². The molecule has 0 saturated carbocycles. The summed E-state index contributed by atoms with van der Waals surface area (Å²) in [5.41, 5.74) is 1.35. The number of para-hydroxylation sites is 2. The lowest BCUT2D eigenvalue weighted by molar-refractivity contribution is 0.0601. The van der Waals surface area contributed by atoms with Crippen LogP contribution in [0.2, 0.25) is 0 Å². The van der Waals surface area contributed by atoms with Gasteiger partial charge in [-0.05, 0) is 55.6 Å². The van der Waals surface area contributed by atoms with Gasteiger partial charge in [0.2, 0.25) is 0 Å². The SMILES string of the molecule is COC(=O)c1ccc2c(Nc3ccccc3OC(C)C)nccc2c1. The van der Waals surface area contributed by atoms with Gasteiger partial charge in [-0.15, -0.1) is 0 Å². The van der Waals surface area contributed by atoms with Crippen molar-refractivity contribution in [3.63, 3.8) is 0 Å². The number of hydrogen-bond acceptors (Lipinski definition) is 5. The first-order valence-electron chi connectivity index (χ1n) is 8.08. The minimum absolute atomic E-state index is 0.0750. The van der Waals surface area contributed by atoms with Crippen LogP contribution in [0.15, 0.2) is 54.7 Å². The number of methoxy groups -OCH3 is 1. The number of hydrogen-bond donors (Lipinski definition) is 1. The molecule has 3 rings (SSSR count). The van der Waals surface area contributed by atoms with Crippen molar-refractivity contribution in [1.82, 2.24) is 4.98 Å². The molecule has 0 saturated heterocycles. The van der Waals surface area contributed by atoms with Gasteiger partial charge in [0.15, 0.2) is 0 Å². The van der Waals surface area contributed by atoms with Crippen LogP contribution in [-0.2, 0) is 4.74 Å². The van der Waals surface area contributed by atoms with Gasteiger partial charge < -0.3 is 14.8 Å². The molecular formula is C20H20N2O3. The lowest BCUT2D eigenvalue weighted by Crippen LogP contribution is -2.07. The number of rotatable bonds is 5. The van der Waals surface area contributed by atoms with E-state index in [1.165, 1.54) is 7.11 Å². The zero-order valence-electron chi connectivity index (χ0n) is 14.4. The first kappa shape index (κ1) is 16.8. The maximum atomic E-state index is 11.7. The molecule has 0 radical (unpaired) electrons. The summed E-state index contributed by atoms with van der Waals surface area (Å²) in [4.78, 5) is 16.1. The van der Waals surface area contributed by atoms with Gasteiger partial charge in [-0.2, -0.15) is 0 Å². The number of anilines is 2. The Morgan fingerprint density at radius 1 is 1.12 bits per heavy atom. The lowest BCUT2D eigenvalue weighted by Gasteiger charge is -2.16. The summed E-state index contributed by atoms with van der Waals surface area (Å²) < 4.78 is 10.6. The van der Waals surface area contributed by atoms with E-state index >= 15 is 0 Å². The van der Waals surface area contributed by atoms with E-state index in [9.17, 15) is 4.79 Å². The minimum atomic E-state index is -0.357. The maximum Gasteiger partial charge on any atom is 0.337 e. The predicted molar refractivity (Wildman–Crippen MR) is 98.6 cm³/mol. The fourth-order valence-electron chi connectivity index (χ4n) is 2.58. The summed E-state index contributed by atoms with van der Waals surface area (Å²) in [5.74, 6) is 1.11. The molecule has 0 aliphatic heterocycles. The molecule has 128 valence electrons.